The first-order valence-electron chi connectivity index (χ1n) is 9.19. The number of carbonyl (C=O) groups is 2. The minimum absolute atomic E-state index is 0.0125. The molecule has 2 rings (SSSR count). The predicted octanol–water partition coefficient (Wildman–Crippen LogP) is 2.53. The van der Waals surface area contributed by atoms with Crippen LogP contribution in [-0.2, 0) is 16.0 Å². The van der Waals surface area contributed by atoms with Crippen LogP contribution in [0, 0.1) is 5.92 Å². The molecule has 0 radical (unpaired) electrons. The van der Waals surface area contributed by atoms with Gasteiger partial charge in [0, 0.05) is 37.8 Å². The van der Waals surface area contributed by atoms with Crippen LogP contribution in [-0.4, -0.2) is 60.7 Å². The van der Waals surface area contributed by atoms with E-state index in [1.165, 1.54) is 4.90 Å². The molecule has 0 bridgehead atoms. The average molecular weight is 377 g/mol. The predicted molar refractivity (Wildman–Crippen MR) is 105 cm³/mol. The highest BCUT2D eigenvalue weighted by Gasteiger charge is 2.30. The van der Waals surface area contributed by atoms with E-state index >= 15 is 0 Å². The van der Waals surface area contributed by atoms with Gasteiger partial charge in [0.25, 0.3) is 0 Å². The summed E-state index contributed by atoms with van der Waals surface area (Å²) in [6.45, 7) is 8.40. The molecule has 2 amide bonds. The zero-order chi connectivity index (χ0) is 20.4. The molecular weight excluding hydrogens is 346 g/mol. The van der Waals surface area contributed by atoms with E-state index in [1.54, 1.807) is 37.2 Å². The molecule has 1 aromatic rings. The van der Waals surface area contributed by atoms with Crippen LogP contribution in [0.3, 0.4) is 0 Å². The van der Waals surface area contributed by atoms with Gasteiger partial charge in [-0.25, -0.2) is 4.79 Å². The number of anilines is 1. The zero-order valence-electron chi connectivity index (χ0n) is 17.1. The second kappa shape index (κ2) is 8.06. The molecule has 7 heteroatoms. The largest absolute Gasteiger partial charge is 0.488 e. The van der Waals surface area contributed by atoms with Gasteiger partial charge in [-0.2, -0.15) is 0 Å². The lowest BCUT2D eigenvalue weighted by atomic mass is 10.0. The summed E-state index contributed by atoms with van der Waals surface area (Å²) < 4.78 is 11.7. The molecular formula is C20H31N3O4. The number of ether oxygens (including phenoxy) is 2. The first kappa shape index (κ1) is 20.9. The fourth-order valence-corrected chi connectivity index (χ4v) is 2.98. The Hall–Kier alpha value is -2.44. The smallest absolute Gasteiger partial charge is 0.410 e. The van der Waals surface area contributed by atoms with Gasteiger partial charge in [0.15, 0.2) is 0 Å². The molecule has 1 aromatic carbocycles. The molecule has 7 nitrogen and oxygen atoms in total. The van der Waals surface area contributed by atoms with Crippen molar-refractivity contribution in [1.82, 2.24) is 9.80 Å². The van der Waals surface area contributed by atoms with Crippen molar-refractivity contribution >= 4 is 17.7 Å². The van der Waals surface area contributed by atoms with Crippen LogP contribution in [0.25, 0.3) is 0 Å². The lowest BCUT2D eigenvalue weighted by molar-refractivity contribution is -0.129. The number of fused-ring (bicyclic) bond motifs is 1. The van der Waals surface area contributed by atoms with E-state index < -0.39 is 11.7 Å². The van der Waals surface area contributed by atoms with Crippen molar-refractivity contribution in [1.29, 1.82) is 0 Å². The maximum absolute atomic E-state index is 12.5. The SMILES string of the molecule is C[C@@H]1CN(C)C(=O)Cc2cc(N)ccc2O[C@H]1CN(C)C(=O)OC(C)(C)C. The van der Waals surface area contributed by atoms with Gasteiger partial charge in [-0.05, 0) is 39.0 Å². The Labute approximate surface area is 161 Å². The highest BCUT2D eigenvalue weighted by Crippen LogP contribution is 2.27. The third kappa shape index (κ3) is 5.77. The third-order valence-corrected chi connectivity index (χ3v) is 4.49. The van der Waals surface area contributed by atoms with E-state index in [9.17, 15) is 9.59 Å². The standard InChI is InChI=1S/C20H31N3O4/c1-13-11-22(5)18(24)10-14-9-15(21)7-8-16(14)26-17(13)12-23(6)19(25)27-20(2,3)4/h7-9,13,17H,10-12,21H2,1-6H3/t13-,17+/m1/s1. The van der Waals surface area contributed by atoms with E-state index in [-0.39, 0.29) is 24.3 Å². The van der Waals surface area contributed by atoms with Crippen LogP contribution in [0.4, 0.5) is 10.5 Å². The summed E-state index contributed by atoms with van der Waals surface area (Å²) in [4.78, 5) is 28.0. The Morgan fingerprint density at radius 3 is 2.70 bits per heavy atom. The zero-order valence-corrected chi connectivity index (χ0v) is 17.1. The number of nitrogens with two attached hydrogens (primary N) is 1. The lowest BCUT2D eigenvalue weighted by Gasteiger charge is -2.31. The maximum Gasteiger partial charge on any atom is 0.410 e. The summed E-state index contributed by atoms with van der Waals surface area (Å²) in [6, 6.07) is 5.31. The maximum atomic E-state index is 12.5. The fourth-order valence-electron chi connectivity index (χ4n) is 2.98. The van der Waals surface area contributed by atoms with Gasteiger partial charge in [-0.3, -0.25) is 4.79 Å². The van der Waals surface area contributed by atoms with Gasteiger partial charge < -0.3 is 25.0 Å². The Morgan fingerprint density at radius 1 is 1.41 bits per heavy atom. The van der Waals surface area contributed by atoms with Gasteiger partial charge in [0.1, 0.15) is 17.5 Å². The van der Waals surface area contributed by atoms with Crippen LogP contribution in [0.2, 0.25) is 0 Å². The first-order chi connectivity index (χ1) is 12.5. The van der Waals surface area contributed by atoms with Gasteiger partial charge in [-0.15, -0.1) is 0 Å². The van der Waals surface area contributed by atoms with E-state index in [2.05, 4.69) is 0 Å². The van der Waals surface area contributed by atoms with Gasteiger partial charge >= 0.3 is 6.09 Å². The number of nitrogens with zero attached hydrogens (tertiary/aromatic N) is 2. The average Bonchev–Trinajstić information content (AvgIpc) is 2.57. The third-order valence-electron chi connectivity index (χ3n) is 4.49. The van der Waals surface area contributed by atoms with Gasteiger partial charge in [0.2, 0.25) is 5.91 Å². The van der Waals surface area contributed by atoms with Crippen LogP contribution in [0.5, 0.6) is 5.75 Å². The minimum atomic E-state index is -0.563. The Morgan fingerprint density at radius 2 is 2.07 bits per heavy atom. The molecule has 0 spiro atoms. The van der Waals surface area contributed by atoms with Crippen molar-refractivity contribution in [2.45, 2.75) is 45.8 Å². The molecule has 0 fully saturated rings. The van der Waals surface area contributed by atoms with Crippen molar-refractivity contribution in [3.8, 4) is 5.75 Å². The van der Waals surface area contributed by atoms with E-state index in [1.807, 2.05) is 27.7 Å². The normalized spacial score (nSPS) is 20.7. The molecule has 1 aliphatic rings. The Kier molecular flexibility index (Phi) is 6.23. The number of carbonyl (C=O) groups excluding carboxylic acids is 2. The molecule has 150 valence electrons. The number of benzene rings is 1. The van der Waals surface area contributed by atoms with Crippen molar-refractivity contribution < 1.29 is 19.1 Å². The molecule has 27 heavy (non-hydrogen) atoms. The molecule has 0 saturated carbocycles. The quantitative estimate of drug-likeness (QED) is 0.801. The van der Waals surface area contributed by atoms with E-state index in [0.717, 1.165) is 5.56 Å². The summed E-state index contributed by atoms with van der Waals surface area (Å²) in [6.07, 6.45) is -0.462. The second-order valence-electron chi connectivity index (χ2n) is 8.31. The van der Waals surface area contributed by atoms with Crippen LogP contribution in [0.1, 0.15) is 33.3 Å². The topological polar surface area (TPSA) is 85.1 Å². The van der Waals surface area contributed by atoms with Crippen LogP contribution >= 0.6 is 0 Å². The van der Waals surface area contributed by atoms with E-state index in [0.29, 0.717) is 24.5 Å². The van der Waals surface area contributed by atoms with Crippen LogP contribution < -0.4 is 10.5 Å². The van der Waals surface area contributed by atoms with Crippen molar-refractivity contribution in [3.05, 3.63) is 23.8 Å². The first-order valence-corrected chi connectivity index (χ1v) is 9.19. The monoisotopic (exact) mass is 377 g/mol. The fraction of sp³-hybridized carbons (Fsp3) is 0.600. The minimum Gasteiger partial charge on any atom is -0.488 e. The number of amides is 2. The number of nitrogen functional groups attached to an aromatic ring is 1. The molecule has 0 saturated heterocycles. The summed E-state index contributed by atoms with van der Waals surface area (Å²) >= 11 is 0. The highest BCUT2D eigenvalue weighted by atomic mass is 16.6. The highest BCUT2D eigenvalue weighted by molar-refractivity contribution is 5.79. The van der Waals surface area contributed by atoms with Crippen molar-refractivity contribution in [2.24, 2.45) is 5.92 Å². The van der Waals surface area contributed by atoms with Crippen molar-refractivity contribution in [3.63, 3.8) is 0 Å². The summed E-state index contributed by atoms with van der Waals surface area (Å²) in [5.74, 6) is 0.660. The molecule has 0 unspecified atom stereocenters. The second-order valence-corrected chi connectivity index (χ2v) is 8.31. The summed E-state index contributed by atoms with van der Waals surface area (Å²) in [7, 11) is 3.47. The lowest BCUT2D eigenvalue weighted by Crippen LogP contribution is -2.45. The molecule has 2 N–H and O–H groups in total. The van der Waals surface area contributed by atoms with Gasteiger partial charge in [0.05, 0.1) is 13.0 Å². The van der Waals surface area contributed by atoms with Crippen LogP contribution in [0.15, 0.2) is 18.2 Å². The number of hydrogen-bond donors (Lipinski definition) is 1. The Balaban J connectivity index is 2.25. The summed E-state index contributed by atoms with van der Waals surface area (Å²) in [5.41, 5.74) is 6.66. The van der Waals surface area contributed by atoms with Gasteiger partial charge in [-0.1, -0.05) is 6.92 Å². The molecule has 1 heterocycles. The number of hydrogen-bond acceptors (Lipinski definition) is 5. The molecule has 0 aliphatic carbocycles. The molecule has 0 aromatic heterocycles. The summed E-state index contributed by atoms with van der Waals surface area (Å²) in [5, 5.41) is 0. The Bertz CT molecular complexity index is 699. The molecule has 2 atom stereocenters. The molecule has 1 aliphatic heterocycles. The number of likely N-dealkylation sites (N-methyl/N-ethyl adjacent to an activating group) is 2. The number of rotatable bonds is 2. The van der Waals surface area contributed by atoms with E-state index in [4.69, 9.17) is 15.2 Å². The van der Waals surface area contributed by atoms with Crippen molar-refractivity contribution in [2.75, 3.05) is 32.9 Å².